The molecule has 0 unspecified atom stereocenters. The number of piperazine rings is 1. The number of rotatable bonds is 4. The van der Waals surface area contributed by atoms with Gasteiger partial charge in [0.1, 0.15) is 5.69 Å². The third kappa shape index (κ3) is 4.51. The minimum atomic E-state index is 0.0327. The van der Waals surface area contributed by atoms with Crippen molar-refractivity contribution in [3.05, 3.63) is 59.4 Å². The first-order valence-corrected chi connectivity index (χ1v) is 10.0. The van der Waals surface area contributed by atoms with Crippen LogP contribution in [0.25, 0.3) is 0 Å². The number of aryl methyl sites for hydroxylation is 1. The normalized spacial score (nSPS) is 18.3. The first kappa shape index (κ1) is 18.9. The van der Waals surface area contributed by atoms with Crippen LogP contribution in [-0.2, 0) is 11.3 Å². The summed E-state index contributed by atoms with van der Waals surface area (Å²) in [7, 11) is 0. The van der Waals surface area contributed by atoms with Crippen LogP contribution in [0.1, 0.15) is 21.6 Å². The maximum absolute atomic E-state index is 12.9. The molecule has 28 heavy (non-hydrogen) atoms. The van der Waals surface area contributed by atoms with Gasteiger partial charge < -0.3 is 14.5 Å². The molecule has 6 heteroatoms. The van der Waals surface area contributed by atoms with E-state index in [1.54, 1.807) is 6.20 Å². The molecule has 2 fully saturated rings. The molecule has 2 aliphatic rings. The maximum Gasteiger partial charge on any atom is 0.272 e. The number of carbonyl (C=O) groups is 1. The van der Waals surface area contributed by atoms with Gasteiger partial charge in [0.2, 0.25) is 0 Å². The van der Waals surface area contributed by atoms with Crippen LogP contribution in [-0.4, -0.2) is 73.2 Å². The molecular formula is C22H28N4O2. The zero-order valence-corrected chi connectivity index (χ0v) is 16.5. The van der Waals surface area contributed by atoms with Crippen LogP contribution in [0.5, 0.6) is 0 Å². The second-order valence-corrected chi connectivity index (χ2v) is 7.56. The monoisotopic (exact) mass is 380 g/mol. The molecule has 0 spiro atoms. The first-order valence-electron chi connectivity index (χ1n) is 10.0. The van der Waals surface area contributed by atoms with Gasteiger partial charge in [-0.05, 0) is 24.6 Å². The van der Waals surface area contributed by atoms with Gasteiger partial charge in [-0.1, -0.05) is 29.8 Å². The van der Waals surface area contributed by atoms with Crippen LogP contribution < -0.4 is 4.90 Å². The van der Waals surface area contributed by atoms with Crippen molar-refractivity contribution in [2.75, 3.05) is 57.4 Å². The van der Waals surface area contributed by atoms with E-state index in [-0.39, 0.29) is 5.91 Å². The van der Waals surface area contributed by atoms with Gasteiger partial charge in [0.05, 0.1) is 13.2 Å². The van der Waals surface area contributed by atoms with E-state index in [0.717, 1.165) is 64.7 Å². The summed E-state index contributed by atoms with van der Waals surface area (Å²) in [6, 6.07) is 12.5. The van der Waals surface area contributed by atoms with Crippen molar-refractivity contribution >= 4 is 11.6 Å². The van der Waals surface area contributed by atoms with Gasteiger partial charge in [-0.15, -0.1) is 0 Å². The Morgan fingerprint density at radius 3 is 2.57 bits per heavy atom. The molecule has 0 aliphatic carbocycles. The highest BCUT2D eigenvalue weighted by Crippen LogP contribution is 2.18. The van der Waals surface area contributed by atoms with E-state index in [1.165, 1.54) is 11.1 Å². The standard InChI is InChI=1S/C22H28N4O2/c1-18-3-2-4-19(15-18)17-24-7-9-26(10-8-24)22(27)21-16-20(5-6-23-21)25-11-13-28-14-12-25/h2-6,15-16H,7-14,17H2,1H3. The Morgan fingerprint density at radius 2 is 1.82 bits per heavy atom. The fraction of sp³-hybridized carbons (Fsp3) is 0.455. The Labute approximate surface area is 166 Å². The van der Waals surface area contributed by atoms with Gasteiger partial charge in [0.25, 0.3) is 5.91 Å². The average molecular weight is 380 g/mol. The molecule has 0 saturated carbocycles. The summed E-state index contributed by atoms with van der Waals surface area (Å²) in [5.74, 6) is 0.0327. The maximum atomic E-state index is 12.9. The molecule has 2 saturated heterocycles. The first-order chi connectivity index (χ1) is 13.7. The predicted octanol–water partition coefficient (Wildman–Crippen LogP) is 2.18. The third-order valence-electron chi connectivity index (χ3n) is 5.49. The number of benzene rings is 1. The van der Waals surface area contributed by atoms with E-state index in [1.807, 2.05) is 17.0 Å². The molecule has 2 aromatic rings. The number of carbonyl (C=O) groups excluding carboxylic acids is 1. The second kappa shape index (κ2) is 8.71. The molecule has 0 bridgehead atoms. The summed E-state index contributed by atoms with van der Waals surface area (Å²) in [6.07, 6.45) is 1.74. The lowest BCUT2D eigenvalue weighted by molar-refractivity contribution is 0.0622. The Balaban J connectivity index is 1.35. The third-order valence-corrected chi connectivity index (χ3v) is 5.49. The SMILES string of the molecule is Cc1cccc(CN2CCN(C(=O)c3cc(N4CCOCC4)ccn3)CC2)c1. The van der Waals surface area contributed by atoms with E-state index in [0.29, 0.717) is 5.69 Å². The predicted molar refractivity (Wildman–Crippen MR) is 110 cm³/mol. The van der Waals surface area contributed by atoms with Gasteiger partial charge in [-0.25, -0.2) is 0 Å². The number of anilines is 1. The molecule has 1 aromatic carbocycles. The second-order valence-electron chi connectivity index (χ2n) is 7.56. The highest BCUT2D eigenvalue weighted by molar-refractivity contribution is 5.93. The van der Waals surface area contributed by atoms with Gasteiger partial charge >= 0.3 is 0 Å². The van der Waals surface area contributed by atoms with E-state index in [9.17, 15) is 4.79 Å². The number of hydrogen-bond acceptors (Lipinski definition) is 5. The quantitative estimate of drug-likeness (QED) is 0.814. The summed E-state index contributed by atoms with van der Waals surface area (Å²) in [5, 5.41) is 0. The Hall–Kier alpha value is -2.44. The number of pyridine rings is 1. The fourth-order valence-electron chi connectivity index (χ4n) is 3.89. The Morgan fingerprint density at radius 1 is 1.04 bits per heavy atom. The van der Waals surface area contributed by atoms with Crippen LogP contribution in [0.2, 0.25) is 0 Å². The highest BCUT2D eigenvalue weighted by atomic mass is 16.5. The van der Waals surface area contributed by atoms with E-state index in [2.05, 4.69) is 46.0 Å². The molecule has 6 nitrogen and oxygen atoms in total. The van der Waals surface area contributed by atoms with Crippen molar-refractivity contribution in [3.63, 3.8) is 0 Å². The number of hydrogen-bond donors (Lipinski definition) is 0. The number of aromatic nitrogens is 1. The number of morpholine rings is 1. The minimum Gasteiger partial charge on any atom is -0.378 e. The van der Waals surface area contributed by atoms with Crippen LogP contribution in [0.3, 0.4) is 0 Å². The molecule has 148 valence electrons. The minimum absolute atomic E-state index is 0.0327. The van der Waals surface area contributed by atoms with E-state index in [4.69, 9.17) is 4.74 Å². The zero-order chi connectivity index (χ0) is 19.3. The average Bonchev–Trinajstić information content (AvgIpc) is 2.75. The molecule has 1 aromatic heterocycles. The van der Waals surface area contributed by atoms with Crippen molar-refractivity contribution in [3.8, 4) is 0 Å². The van der Waals surface area contributed by atoms with Crippen LogP contribution >= 0.6 is 0 Å². The summed E-state index contributed by atoms with van der Waals surface area (Å²) < 4.78 is 5.42. The lowest BCUT2D eigenvalue weighted by atomic mass is 10.1. The van der Waals surface area contributed by atoms with Crippen molar-refractivity contribution in [1.82, 2.24) is 14.8 Å². The number of nitrogens with zero attached hydrogens (tertiary/aromatic N) is 4. The summed E-state index contributed by atoms with van der Waals surface area (Å²) in [5.41, 5.74) is 4.22. The van der Waals surface area contributed by atoms with Crippen LogP contribution in [0, 0.1) is 6.92 Å². The number of ether oxygens (including phenoxy) is 1. The van der Waals surface area contributed by atoms with Crippen molar-refractivity contribution in [1.29, 1.82) is 0 Å². The van der Waals surface area contributed by atoms with Gasteiger partial charge in [-0.3, -0.25) is 14.7 Å². The molecule has 0 N–H and O–H groups in total. The van der Waals surface area contributed by atoms with Gasteiger partial charge in [-0.2, -0.15) is 0 Å². The Bertz CT molecular complexity index is 812. The lowest BCUT2D eigenvalue weighted by Crippen LogP contribution is -2.48. The van der Waals surface area contributed by atoms with Crippen molar-refractivity contribution < 1.29 is 9.53 Å². The van der Waals surface area contributed by atoms with Gasteiger partial charge in [0, 0.05) is 57.7 Å². The molecule has 2 aliphatic heterocycles. The van der Waals surface area contributed by atoms with E-state index < -0.39 is 0 Å². The van der Waals surface area contributed by atoms with Crippen molar-refractivity contribution in [2.24, 2.45) is 0 Å². The largest absolute Gasteiger partial charge is 0.378 e. The smallest absolute Gasteiger partial charge is 0.272 e. The van der Waals surface area contributed by atoms with Crippen LogP contribution in [0.15, 0.2) is 42.6 Å². The Kier molecular flexibility index (Phi) is 5.88. The van der Waals surface area contributed by atoms with Gasteiger partial charge in [0.15, 0.2) is 0 Å². The number of amides is 1. The fourth-order valence-corrected chi connectivity index (χ4v) is 3.89. The summed E-state index contributed by atoms with van der Waals surface area (Å²) >= 11 is 0. The molecular weight excluding hydrogens is 352 g/mol. The summed E-state index contributed by atoms with van der Waals surface area (Å²) in [6.45, 7) is 9.51. The lowest BCUT2D eigenvalue weighted by Gasteiger charge is -2.35. The summed E-state index contributed by atoms with van der Waals surface area (Å²) in [4.78, 5) is 23.9. The topological polar surface area (TPSA) is 48.9 Å². The zero-order valence-electron chi connectivity index (χ0n) is 16.5. The molecule has 0 radical (unpaired) electrons. The van der Waals surface area contributed by atoms with Crippen molar-refractivity contribution in [2.45, 2.75) is 13.5 Å². The van der Waals surface area contributed by atoms with E-state index >= 15 is 0 Å². The molecule has 4 rings (SSSR count). The molecule has 1 amide bonds. The van der Waals surface area contributed by atoms with Crippen LogP contribution in [0.4, 0.5) is 5.69 Å². The molecule has 3 heterocycles. The molecule has 0 atom stereocenters. The highest BCUT2D eigenvalue weighted by Gasteiger charge is 2.24.